The number of imidazole rings is 1. The number of hydrogen-bond donors (Lipinski definition) is 3. The minimum Gasteiger partial charge on any atom is -0.370 e. The molecule has 11 heteroatoms. The first-order chi connectivity index (χ1) is 14.2. The van der Waals surface area contributed by atoms with Gasteiger partial charge in [-0.3, -0.25) is 4.79 Å². The zero-order valence-corrected chi connectivity index (χ0v) is 18.9. The standard InChI is InChI=1S/C20H25N7O2.2ClH/c1-12-18(25-26-27(12)14-6-8-21-9-7-14)20(28)22-13-4-5-15-16(11-13)24-19(23-15)17-3-2-10-29-17;;/h4-5,11,14,17,21H,2-3,6-10H2,1H3,(H,22,28)(H,23,24);2*1H. The summed E-state index contributed by atoms with van der Waals surface area (Å²) in [7, 11) is 0. The van der Waals surface area contributed by atoms with Gasteiger partial charge in [-0.15, -0.1) is 29.9 Å². The van der Waals surface area contributed by atoms with Gasteiger partial charge in [0.1, 0.15) is 11.9 Å². The number of fused-ring (bicyclic) bond motifs is 1. The van der Waals surface area contributed by atoms with Crippen LogP contribution in [0.4, 0.5) is 5.69 Å². The Hall–Kier alpha value is -2.20. The van der Waals surface area contributed by atoms with Crippen molar-refractivity contribution in [1.29, 1.82) is 0 Å². The summed E-state index contributed by atoms with van der Waals surface area (Å²) in [6, 6.07) is 5.94. The van der Waals surface area contributed by atoms with E-state index in [4.69, 9.17) is 4.74 Å². The number of carbonyl (C=O) groups excluding carboxylic acids is 1. The lowest BCUT2D eigenvalue weighted by atomic mass is 10.1. The number of rotatable bonds is 4. The number of aromatic nitrogens is 5. The molecule has 0 saturated carbocycles. The highest BCUT2D eigenvalue weighted by Gasteiger charge is 2.24. The Morgan fingerprint density at radius 1 is 1.23 bits per heavy atom. The molecule has 3 N–H and O–H groups in total. The maximum absolute atomic E-state index is 12.8. The number of amides is 1. The number of nitrogens with one attached hydrogen (secondary N) is 3. The van der Waals surface area contributed by atoms with Crippen LogP contribution in [0.5, 0.6) is 0 Å². The summed E-state index contributed by atoms with van der Waals surface area (Å²) in [5, 5.41) is 14.7. The van der Waals surface area contributed by atoms with Crippen LogP contribution in [0.2, 0.25) is 0 Å². The fourth-order valence-corrected chi connectivity index (χ4v) is 4.19. The first kappa shape index (κ1) is 23.5. The third kappa shape index (κ3) is 4.69. The molecule has 2 fully saturated rings. The van der Waals surface area contributed by atoms with Gasteiger partial charge >= 0.3 is 0 Å². The van der Waals surface area contributed by atoms with Crippen molar-refractivity contribution in [1.82, 2.24) is 30.3 Å². The van der Waals surface area contributed by atoms with Crippen molar-refractivity contribution in [2.24, 2.45) is 0 Å². The van der Waals surface area contributed by atoms with E-state index in [1.54, 1.807) is 0 Å². The fraction of sp³-hybridized carbons (Fsp3) is 0.500. The molecule has 3 aromatic rings. The van der Waals surface area contributed by atoms with E-state index in [1.807, 2.05) is 29.8 Å². The molecule has 168 valence electrons. The van der Waals surface area contributed by atoms with Crippen molar-refractivity contribution in [2.75, 3.05) is 25.0 Å². The predicted octanol–water partition coefficient (Wildman–Crippen LogP) is 3.33. The monoisotopic (exact) mass is 467 g/mol. The number of ether oxygens (including phenoxy) is 1. The summed E-state index contributed by atoms with van der Waals surface area (Å²) in [6.45, 7) is 4.61. The zero-order valence-electron chi connectivity index (χ0n) is 17.3. The number of hydrogen-bond acceptors (Lipinski definition) is 6. The SMILES string of the molecule is Cc1c(C(=O)Nc2ccc3nc(C4CCCO4)[nH]c3c2)nnn1C1CCNCC1.Cl.Cl. The van der Waals surface area contributed by atoms with Crippen LogP contribution in [0.1, 0.15) is 59.8 Å². The van der Waals surface area contributed by atoms with Gasteiger partial charge in [-0.2, -0.15) is 0 Å². The number of H-pyrrole nitrogens is 1. The van der Waals surface area contributed by atoms with Gasteiger partial charge in [-0.1, -0.05) is 5.21 Å². The van der Waals surface area contributed by atoms with Gasteiger partial charge in [0, 0.05) is 12.3 Å². The van der Waals surface area contributed by atoms with Crippen LogP contribution >= 0.6 is 24.8 Å². The molecule has 0 aliphatic carbocycles. The molecule has 31 heavy (non-hydrogen) atoms. The number of benzene rings is 1. The zero-order chi connectivity index (χ0) is 19.8. The molecule has 0 radical (unpaired) electrons. The molecule has 0 bridgehead atoms. The van der Waals surface area contributed by atoms with Crippen molar-refractivity contribution in [2.45, 2.75) is 44.8 Å². The fourth-order valence-electron chi connectivity index (χ4n) is 4.19. The molecule has 9 nitrogen and oxygen atoms in total. The summed E-state index contributed by atoms with van der Waals surface area (Å²) in [5.41, 5.74) is 3.61. The average Bonchev–Trinajstić information content (AvgIpc) is 3.47. The number of aromatic amines is 1. The highest BCUT2D eigenvalue weighted by molar-refractivity contribution is 6.04. The molecule has 5 rings (SSSR count). The summed E-state index contributed by atoms with van der Waals surface area (Å²) in [5.74, 6) is 0.600. The van der Waals surface area contributed by atoms with E-state index < -0.39 is 0 Å². The third-order valence-electron chi connectivity index (χ3n) is 5.79. The molecule has 1 unspecified atom stereocenters. The van der Waals surface area contributed by atoms with Crippen molar-refractivity contribution in [3.8, 4) is 0 Å². The lowest BCUT2D eigenvalue weighted by Gasteiger charge is -2.23. The van der Waals surface area contributed by atoms with Gasteiger partial charge in [0.05, 0.1) is 22.8 Å². The second kappa shape index (κ2) is 9.95. The molecule has 2 aliphatic heterocycles. The number of anilines is 1. The minimum atomic E-state index is -0.249. The van der Waals surface area contributed by atoms with Crippen LogP contribution in [0.15, 0.2) is 18.2 Å². The number of halogens is 2. The summed E-state index contributed by atoms with van der Waals surface area (Å²) >= 11 is 0. The van der Waals surface area contributed by atoms with Crippen LogP contribution in [0, 0.1) is 6.92 Å². The van der Waals surface area contributed by atoms with E-state index in [-0.39, 0.29) is 36.8 Å². The van der Waals surface area contributed by atoms with E-state index in [9.17, 15) is 4.79 Å². The number of nitrogens with zero attached hydrogens (tertiary/aromatic N) is 4. The Bertz CT molecular complexity index is 1040. The van der Waals surface area contributed by atoms with Gasteiger partial charge in [0.25, 0.3) is 5.91 Å². The molecule has 1 amide bonds. The van der Waals surface area contributed by atoms with Crippen molar-refractivity contribution in [3.63, 3.8) is 0 Å². The topological polar surface area (TPSA) is 110 Å². The normalized spacial score (nSPS) is 19.1. The van der Waals surface area contributed by atoms with Gasteiger partial charge in [-0.05, 0) is 63.9 Å². The molecular formula is C20H27Cl2N7O2. The molecule has 1 atom stereocenters. The molecule has 4 heterocycles. The van der Waals surface area contributed by atoms with E-state index >= 15 is 0 Å². The first-order valence-electron chi connectivity index (χ1n) is 10.2. The van der Waals surface area contributed by atoms with E-state index in [0.717, 1.165) is 67.9 Å². The maximum atomic E-state index is 12.8. The molecule has 0 spiro atoms. The van der Waals surface area contributed by atoms with Crippen LogP contribution < -0.4 is 10.6 Å². The molecule has 2 aliphatic rings. The van der Waals surface area contributed by atoms with Gasteiger partial charge < -0.3 is 20.4 Å². The Morgan fingerprint density at radius 2 is 2.03 bits per heavy atom. The van der Waals surface area contributed by atoms with Crippen molar-refractivity contribution >= 4 is 47.4 Å². The van der Waals surface area contributed by atoms with Crippen molar-refractivity contribution < 1.29 is 9.53 Å². The molecule has 2 saturated heterocycles. The Kier molecular flexibility index (Phi) is 7.53. The second-order valence-corrected chi connectivity index (χ2v) is 7.76. The minimum absolute atomic E-state index is 0. The van der Waals surface area contributed by atoms with Gasteiger partial charge in [0.2, 0.25) is 0 Å². The summed E-state index contributed by atoms with van der Waals surface area (Å²) < 4.78 is 7.59. The molecule has 1 aromatic carbocycles. The number of piperidine rings is 1. The Balaban J connectivity index is 0.00000136. The van der Waals surface area contributed by atoms with Crippen LogP contribution in [-0.2, 0) is 4.74 Å². The first-order valence-corrected chi connectivity index (χ1v) is 10.2. The van der Waals surface area contributed by atoms with Crippen molar-refractivity contribution in [3.05, 3.63) is 35.4 Å². The van der Waals surface area contributed by atoms with Gasteiger partial charge in [0.15, 0.2) is 5.69 Å². The van der Waals surface area contributed by atoms with Gasteiger partial charge in [-0.25, -0.2) is 9.67 Å². The summed E-state index contributed by atoms with van der Waals surface area (Å²) in [4.78, 5) is 20.7. The maximum Gasteiger partial charge on any atom is 0.278 e. The quantitative estimate of drug-likeness (QED) is 0.542. The predicted molar refractivity (Wildman–Crippen MR) is 122 cm³/mol. The van der Waals surface area contributed by atoms with Crippen LogP contribution in [0.3, 0.4) is 0 Å². The summed E-state index contributed by atoms with van der Waals surface area (Å²) in [6.07, 6.45) is 4.06. The highest BCUT2D eigenvalue weighted by Crippen LogP contribution is 2.29. The second-order valence-electron chi connectivity index (χ2n) is 7.76. The van der Waals surface area contributed by atoms with E-state index in [2.05, 4.69) is 30.9 Å². The van der Waals surface area contributed by atoms with Crippen LogP contribution in [0.25, 0.3) is 11.0 Å². The molecular weight excluding hydrogens is 441 g/mol. The number of carbonyl (C=O) groups is 1. The van der Waals surface area contributed by atoms with E-state index in [0.29, 0.717) is 17.4 Å². The smallest absolute Gasteiger partial charge is 0.278 e. The van der Waals surface area contributed by atoms with E-state index in [1.165, 1.54) is 0 Å². The third-order valence-corrected chi connectivity index (χ3v) is 5.79. The Morgan fingerprint density at radius 3 is 2.77 bits per heavy atom. The largest absolute Gasteiger partial charge is 0.370 e. The highest BCUT2D eigenvalue weighted by atomic mass is 35.5. The Labute approximate surface area is 192 Å². The van der Waals surface area contributed by atoms with Crippen LogP contribution in [-0.4, -0.2) is 50.6 Å². The average molecular weight is 468 g/mol. The lowest BCUT2D eigenvalue weighted by Crippen LogP contribution is -2.30. The lowest BCUT2D eigenvalue weighted by molar-refractivity contribution is 0.102. The molecule has 2 aromatic heterocycles.